The van der Waals surface area contributed by atoms with E-state index in [4.69, 9.17) is 4.74 Å². The molecule has 3 nitrogen and oxygen atoms in total. The van der Waals surface area contributed by atoms with Gasteiger partial charge in [-0.1, -0.05) is 6.42 Å². The first kappa shape index (κ1) is 17.6. The minimum atomic E-state index is 0.102. The fourth-order valence-electron chi connectivity index (χ4n) is 6.58. The average molecular weight is 368 g/mol. The van der Waals surface area contributed by atoms with Gasteiger partial charge >= 0.3 is 0 Å². The fraction of sp³-hybridized carbons (Fsp3) is 0.708. The maximum absolute atomic E-state index is 12.9. The smallest absolute Gasteiger partial charge is 0.251 e. The quantitative estimate of drug-likeness (QED) is 0.780. The number of hydrogen-bond donors (Lipinski definition) is 1. The monoisotopic (exact) mass is 367 g/mol. The molecule has 0 radical (unpaired) electrons. The zero-order chi connectivity index (χ0) is 18.2. The molecule has 0 aliphatic heterocycles. The van der Waals surface area contributed by atoms with Crippen LogP contribution in [0.25, 0.3) is 0 Å². The molecule has 5 unspecified atom stereocenters. The second-order valence-corrected chi connectivity index (χ2v) is 9.66. The molecular formula is C24H33NO2. The molecule has 1 aromatic carbocycles. The highest BCUT2D eigenvalue weighted by Crippen LogP contribution is 2.53. The third-order valence-corrected chi connectivity index (χ3v) is 7.84. The summed E-state index contributed by atoms with van der Waals surface area (Å²) in [7, 11) is 0. The van der Waals surface area contributed by atoms with Crippen molar-refractivity contribution in [1.29, 1.82) is 0 Å². The summed E-state index contributed by atoms with van der Waals surface area (Å²) in [5.41, 5.74) is 0.773. The van der Waals surface area contributed by atoms with Crippen molar-refractivity contribution >= 4 is 5.91 Å². The molecule has 3 bridgehead atoms. The standard InChI is InChI=1S/C24H33NO2/c26-24(18-7-9-21(10-8-18)27-20-4-2-1-3-5-20)25-23-11-6-16-12-17-14-19(13-16)22(23)15-17/h7-10,16-17,19-20,22-23H,1-6,11-15H2,(H,25,26). The van der Waals surface area contributed by atoms with Crippen molar-refractivity contribution in [1.82, 2.24) is 5.32 Å². The molecule has 27 heavy (non-hydrogen) atoms. The van der Waals surface area contributed by atoms with Gasteiger partial charge in [0.25, 0.3) is 5.91 Å². The number of ether oxygens (including phenoxy) is 1. The van der Waals surface area contributed by atoms with Crippen molar-refractivity contribution in [2.45, 2.75) is 82.8 Å². The molecule has 146 valence electrons. The van der Waals surface area contributed by atoms with Crippen molar-refractivity contribution < 1.29 is 9.53 Å². The summed E-state index contributed by atoms with van der Waals surface area (Å²) >= 11 is 0. The van der Waals surface area contributed by atoms with Gasteiger partial charge in [-0.3, -0.25) is 4.79 Å². The van der Waals surface area contributed by atoms with Crippen molar-refractivity contribution in [3.8, 4) is 5.75 Å². The third-order valence-electron chi connectivity index (χ3n) is 7.84. The van der Waals surface area contributed by atoms with E-state index < -0.39 is 0 Å². The summed E-state index contributed by atoms with van der Waals surface area (Å²) in [6.45, 7) is 0. The van der Waals surface area contributed by atoms with E-state index in [0.29, 0.717) is 12.1 Å². The first-order valence-electron chi connectivity index (χ1n) is 11.3. The predicted octanol–water partition coefficient (Wildman–Crippen LogP) is 5.34. The van der Waals surface area contributed by atoms with Gasteiger partial charge in [0.15, 0.2) is 0 Å². The van der Waals surface area contributed by atoms with Gasteiger partial charge in [0.2, 0.25) is 0 Å². The molecule has 5 atom stereocenters. The second-order valence-electron chi connectivity index (χ2n) is 9.66. The number of hydrogen-bond acceptors (Lipinski definition) is 2. The van der Waals surface area contributed by atoms with Crippen molar-refractivity contribution in [3.63, 3.8) is 0 Å². The lowest BCUT2D eigenvalue weighted by molar-refractivity contribution is 0.0912. The molecule has 0 spiro atoms. The average Bonchev–Trinajstić information content (AvgIpc) is 2.94. The minimum Gasteiger partial charge on any atom is -0.490 e. The van der Waals surface area contributed by atoms with Crippen LogP contribution in [0.4, 0.5) is 0 Å². The third kappa shape index (κ3) is 3.75. The molecule has 1 N–H and O–H groups in total. The van der Waals surface area contributed by atoms with Gasteiger partial charge in [0.05, 0.1) is 6.10 Å². The van der Waals surface area contributed by atoms with Gasteiger partial charge in [-0.15, -0.1) is 0 Å². The van der Waals surface area contributed by atoms with Gasteiger partial charge in [-0.25, -0.2) is 0 Å². The largest absolute Gasteiger partial charge is 0.490 e. The molecule has 1 amide bonds. The van der Waals surface area contributed by atoms with E-state index in [0.717, 1.165) is 47.8 Å². The Bertz CT molecular complexity index is 663. The summed E-state index contributed by atoms with van der Waals surface area (Å²) in [4.78, 5) is 12.9. The highest BCUT2D eigenvalue weighted by atomic mass is 16.5. The summed E-state index contributed by atoms with van der Waals surface area (Å²) in [5.74, 6) is 4.47. The van der Waals surface area contributed by atoms with Crippen molar-refractivity contribution in [2.75, 3.05) is 0 Å². The van der Waals surface area contributed by atoms with E-state index in [2.05, 4.69) is 5.32 Å². The topological polar surface area (TPSA) is 38.3 Å². The maximum atomic E-state index is 12.9. The summed E-state index contributed by atoms with van der Waals surface area (Å²) in [6, 6.07) is 8.21. The Morgan fingerprint density at radius 2 is 1.63 bits per heavy atom. The van der Waals surface area contributed by atoms with Crippen LogP contribution in [0, 0.1) is 23.7 Å². The van der Waals surface area contributed by atoms with Crippen LogP contribution in [-0.4, -0.2) is 18.1 Å². The number of benzene rings is 1. The van der Waals surface area contributed by atoms with Gasteiger partial charge < -0.3 is 10.1 Å². The van der Waals surface area contributed by atoms with Crippen LogP contribution in [0.1, 0.15) is 81.0 Å². The van der Waals surface area contributed by atoms with Crippen LogP contribution in [-0.2, 0) is 0 Å². The molecule has 4 saturated carbocycles. The predicted molar refractivity (Wildman–Crippen MR) is 107 cm³/mol. The zero-order valence-electron chi connectivity index (χ0n) is 16.4. The summed E-state index contributed by atoms with van der Waals surface area (Å²) < 4.78 is 6.10. The zero-order valence-corrected chi connectivity index (χ0v) is 16.4. The van der Waals surface area contributed by atoms with Crippen LogP contribution < -0.4 is 10.1 Å². The molecule has 0 aromatic heterocycles. The van der Waals surface area contributed by atoms with Gasteiger partial charge in [-0.2, -0.15) is 0 Å². The Hall–Kier alpha value is -1.51. The lowest BCUT2D eigenvalue weighted by Crippen LogP contribution is -2.41. The second kappa shape index (κ2) is 7.48. The highest BCUT2D eigenvalue weighted by molar-refractivity contribution is 5.94. The number of carbonyl (C=O) groups is 1. The minimum absolute atomic E-state index is 0.102. The first-order chi connectivity index (χ1) is 13.2. The molecule has 0 heterocycles. The first-order valence-corrected chi connectivity index (χ1v) is 11.3. The SMILES string of the molecule is O=C(NC1CCC2CC3CC(C2)C1C3)c1ccc(OC2CCCCC2)cc1. The number of fused-ring (bicyclic) bond motifs is 2. The molecule has 1 aromatic rings. The number of amides is 1. The molecular weight excluding hydrogens is 334 g/mol. The summed E-state index contributed by atoms with van der Waals surface area (Å²) in [5, 5.41) is 3.41. The van der Waals surface area contributed by atoms with E-state index in [1.807, 2.05) is 24.3 Å². The summed E-state index contributed by atoms with van der Waals surface area (Å²) in [6.07, 6.45) is 14.7. The van der Waals surface area contributed by atoms with Crippen LogP contribution in [0.15, 0.2) is 24.3 Å². The Morgan fingerprint density at radius 1 is 0.852 bits per heavy atom. The van der Waals surface area contributed by atoms with Crippen LogP contribution in [0.5, 0.6) is 5.75 Å². The van der Waals surface area contributed by atoms with Crippen molar-refractivity contribution in [2.24, 2.45) is 23.7 Å². The number of rotatable bonds is 4. The lowest BCUT2D eigenvalue weighted by atomic mass is 9.80. The van der Waals surface area contributed by atoms with E-state index in [1.54, 1.807) is 0 Å². The molecule has 4 aliphatic rings. The molecule has 3 heteroatoms. The molecule has 4 fully saturated rings. The molecule has 0 saturated heterocycles. The Balaban J connectivity index is 1.21. The number of carbonyl (C=O) groups excluding carboxylic acids is 1. The Kier molecular flexibility index (Phi) is 4.87. The maximum Gasteiger partial charge on any atom is 0.251 e. The Labute approximate surface area is 163 Å². The van der Waals surface area contributed by atoms with Gasteiger partial charge in [0.1, 0.15) is 5.75 Å². The van der Waals surface area contributed by atoms with Crippen molar-refractivity contribution in [3.05, 3.63) is 29.8 Å². The number of nitrogens with one attached hydrogen (secondary N) is 1. The molecule has 4 aliphatic carbocycles. The highest BCUT2D eigenvalue weighted by Gasteiger charge is 2.46. The van der Waals surface area contributed by atoms with E-state index in [9.17, 15) is 4.79 Å². The van der Waals surface area contributed by atoms with Gasteiger partial charge in [0, 0.05) is 11.6 Å². The van der Waals surface area contributed by atoms with E-state index in [1.165, 1.54) is 57.8 Å². The van der Waals surface area contributed by atoms with E-state index >= 15 is 0 Å². The van der Waals surface area contributed by atoms with Crippen LogP contribution >= 0.6 is 0 Å². The lowest BCUT2D eigenvalue weighted by Gasteiger charge is -2.27. The van der Waals surface area contributed by atoms with E-state index in [-0.39, 0.29) is 5.91 Å². The van der Waals surface area contributed by atoms with Gasteiger partial charge in [-0.05, 0) is 112 Å². The van der Waals surface area contributed by atoms with Crippen LogP contribution in [0.3, 0.4) is 0 Å². The molecule has 5 rings (SSSR count). The normalized spacial score (nSPS) is 35.6. The fourth-order valence-corrected chi connectivity index (χ4v) is 6.58. The Morgan fingerprint density at radius 3 is 2.44 bits per heavy atom. The van der Waals surface area contributed by atoms with Crippen LogP contribution in [0.2, 0.25) is 0 Å².